The number of aliphatic hydroxyl groups excluding tert-OH is 1. The topological polar surface area (TPSA) is 89.4 Å². The van der Waals surface area contributed by atoms with Gasteiger partial charge in [0.15, 0.2) is 0 Å². The van der Waals surface area contributed by atoms with Gasteiger partial charge in [-0.25, -0.2) is 0 Å². The van der Waals surface area contributed by atoms with Gasteiger partial charge in [0, 0.05) is 0 Å². The predicted molar refractivity (Wildman–Crippen MR) is 23.5 cm³/mol. The molecule has 0 heterocycles. The monoisotopic (exact) mass is 138 g/mol. The molecule has 0 saturated carbocycles. The van der Waals surface area contributed by atoms with Crippen molar-refractivity contribution in [3.8, 4) is 0 Å². The van der Waals surface area contributed by atoms with Gasteiger partial charge in [0.2, 0.25) is 0 Å². The van der Waals surface area contributed by atoms with E-state index in [0.717, 1.165) is 0 Å². The van der Waals surface area contributed by atoms with Gasteiger partial charge in [0.25, 0.3) is 0 Å². The lowest BCUT2D eigenvalue weighted by Crippen LogP contribution is -2.37. The Morgan fingerprint density at radius 3 is 1.88 bits per heavy atom. The molecule has 0 saturated heterocycles. The Labute approximate surface area is 48.0 Å². The van der Waals surface area contributed by atoms with Crippen LogP contribution in [0.4, 0.5) is 0 Å². The van der Waals surface area contributed by atoms with E-state index in [1.807, 2.05) is 0 Å². The highest BCUT2D eigenvalue weighted by molar-refractivity contribution is 7.54. The van der Waals surface area contributed by atoms with E-state index in [1.54, 1.807) is 0 Å². The maximum absolute atomic E-state index is 9.75. The number of hydrogen-bond donors (Lipinski definition) is 1. The minimum atomic E-state index is -4.47. The Bertz CT molecular complexity index is 66.2. The van der Waals surface area contributed by atoms with Crippen LogP contribution < -0.4 is 14.7 Å². The molecule has 0 rings (SSSR count). The van der Waals surface area contributed by atoms with Gasteiger partial charge in [-0.2, -0.15) is 7.94 Å². The van der Waals surface area contributed by atoms with Crippen molar-refractivity contribution >= 4 is 7.94 Å². The number of rotatable bonds is 2. The van der Waals surface area contributed by atoms with E-state index in [9.17, 15) is 14.7 Å². The summed E-state index contributed by atoms with van der Waals surface area (Å²) < 4.78 is 0. The van der Waals surface area contributed by atoms with Crippen LogP contribution in [0.2, 0.25) is 0 Å². The normalized spacial score (nSPS) is 16.1. The maximum atomic E-state index is 9.75. The second kappa shape index (κ2) is 2.71. The number of aliphatic hydroxyl groups is 1. The Balaban J connectivity index is 3.39. The van der Waals surface area contributed by atoms with Gasteiger partial charge < -0.3 is 19.8 Å². The summed E-state index contributed by atoms with van der Waals surface area (Å²) in [6.07, 6.45) is -1.72. The average Bonchev–Trinajstić information content (AvgIpc) is 1.21. The van der Waals surface area contributed by atoms with Gasteiger partial charge in [-0.3, -0.25) is 0 Å². The van der Waals surface area contributed by atoms with Crippen LogP contribution in [0.15, 0.2) is 0 Å². The van der Waals surface area contributed by atoms with Gasteiger partial charge in [0.1, 0.15) is 0 Å². The largest absolute Gasteiger partial charge is 0.688 e. The zero-order chi connectivity index (χ0) is 6.78. The van der Waals surface area contributed by atoms with Crippen molar-refractivity contribution in [1.29, 1.82) is 0 Å². The van der Waals surface area contributed by atoms with Crippen molar-refractivity contribution in [2.75, 3.05) is 6.16 Å². The van der Waals surface area contributed by atoms with Crippen molar-refractivity contribution in [3.63, 3.8) is 0 Å². The van der Waals surface area contributed by atoms with Crippen LogP contribution in [0, 0.1) is 0 Å². The van der Waals surface area contributed by atoms with E-state index in [2.05, 4.69) is 0 Å². The molecule has 0 fully saturated rings. The van der Waals surface area contributed by atoms with Crippen LogP contribution in [0.5, 0.6) is 0 Å². The molecule has 0 radical (unpaired) electrons. The zero-order valence-corrected chi connectivity index (χ0v) is 5.30. The molecule has 5 heteroatoms. The second-order valence-electron chi connectivity index (χ2n) is 1.64. The summed E-state index contributed by atoms with van der Waals surface area (Å²) >= 11 is 0. The first kappa shape index (κ1) is 8.27. The van der Waals surface area contributed by atoms with Gasteiger partial charge in [-0.1, -0.05) is 0 Å². The summed E-state index contributed by atoms with van der Waals surface area (Å²) in [4.78, 5) is 29.3. The highest BCUT2D eigenvalue weighted by atomic mass is 31.2. The Hall–Kier alpha value is 0.270. The fraction of sp³-hybridized carbons (Fsp3) is 1.00. The van der Waals surface area contributed by atoms with Crippen LogP contribution in [-0.4, -0.2) is 17.4 Å². The van der Waals surface area contributed by atoms with E-state index in [-0.39, 0.29) is 0 Å². The third kappa shape index (κ3) is 6.27. The van der Waals surface area contributed by atoms with E-state index in [4.69, 9.17) is 5.11 Å². The SMILES string of the molecule is C[C@H](O)C[P+]([O-])([O-])[O-]. The van der Waals surface area contributed by atoms with Crippen molar-refractivity contribution < 1.29 is 19.8 Å². The van der Waals surface area contributed by atoms with Crippen LogP contribution in [0.1, 0.15) is 6.92 Å². The van der Waals surface area contributed by atoms with Crippen molar-refractivity contribution in [3.05, 3.63) is 0 Å². The van der Waals surface area contributed by atoms with Crippen molar-refractivity contribution in [2.45, 2.75) is 13.0 Å². The fourth-order valence-electron chi connectivity index (χ4n) is 0.324. The maximum Gasteiger partial charge on any atom is 0.0838 e. The zero-order valence-electron chi connectivity index (χ0n) is 4.40. The molecule has 0 amide bonds. The Morgan fingerprint density at radius 1 is 1.50 bits per heavy atom. The lowest BCUT2D eigenvalue weighted by molar-refractivity contribution is -0.428. The lowest BCUT2D eigenvalue weighted by atomic mass is 10.5. The molecule has 0 aliphatic rings. The van der Waals surface area contributed by atoms with Gasteiger partial charge in [-0.15, -0.1) is 0 Å². The standard InChI is InChI=1S/C3H9O4P/c1-3(4)2-8(5,6)7/h3-4H,2H2,1H3,(H2,5,6,7)/p-2/t3-/m0/s1. The summed E-state index contributed by atoms with van der Waals surface area (Å²) in [6, 6.07) is 0. The summed E-state index contributed by atoms with van der Waals surface area (Å²) in [5, 5.41) is 8.32. The van der Waals surface area contributed by atoms with Crippen LogP contribution in [-0.2, 0) is 0 Å². The average molecular weight is 138 g/mol. The molecule has 0 aromatic heterocycles. The molecule has 0 aliphatic heterocycles. The minimum absolute atomic E-state index is 0.674. The molecule has 0 bridgehead atoms. The van der Waals surface area contributed by atoms with Crippen LogP contribution in [0.3, 0.4) is 0 Å². The molecule has 1 N–H and O–H groups in total. The smallest absolute Gasteiger partial charge is 0.0838 e. The summed E-state index contributed by atoms with van der Waals surface area (Å²) in [5.41, 5.74) is 0. The van der Waals surface area contributed by atoms with Crippen molar-refractivity contribution in [1.82, 2.24) is 0 Å². The lowest BCUT2D eigenvalue weighted by Gasteiger charge is -2.42. The molecule has 0 unspecified atom stereocenters. The molecular weight excluding hydrogens is 131 g/mol. The molecule has 8 heavy (non-hydrogen) atoms. The summed E-state index contributed by atoms with van der Waals surface area (Å²) in [5.74, 6) is 0. The predicted octanol–water partition coefficient (Wildman–Crippen LogP) is -2.79. The van der Waals surface area contributed by atoms with Crippen molar-refractivity contribution in [2.24, 2.45) is 0 Å². The van der Waals surface area contributed by atoms with Gasteiger partial charge >= 0.3 is 0 Å². The molecule has 0 spiro atoms. The quantitative estimate of drug-likeness (QED) is 0.417. The molecule has 4 nitrogen and oxygen atoms in total. The third-order valence-electron chi connectivity index (χ3n) is 0.488. The molecular formula is C3H7O4P-2. The van der Waals surface area contributed by atoms with E-state index in [1.165, 1.54) is 6.92 Å². The summed E-state index contributed by atoms with van der Waals surface area (Å²) in [6.45, 7) is 1.25. The van der Waals surface area contributed by atoms with Crippen LogP contribution in [0.25, 0.3) is 0 Å². The minimum Gasteiger partial charge on any atom is -0.688 e. The first-order valence-electron chi connectivity index (χ1n) is 2.11. The molecule has 1 atom stereocenters. The fourth-order valence-corrected chi connectivity index (χ4v) is 0.971. The van der Waals surface area contributed by atoms with E-state index in [0.29, 0.717) is 0 Å². The third-order valence-corrected chi connectivity index (χ3v) is 1.46. The Kier molecular flexibility index (Phi) is 2.80. The molecule has 0 aromatic carbocycles. The van der Waals surface area contributed by atoms with Crippen LogP contribution >= 0.6 is 7.94 Å². The van der Waals surface area contributed by atoms with E-state index < -0.39 is 20.2 Å². The molecule has 0 aromatic rings. The van der Waals surface area contributed by atoms with Gasteiger partial charge in [0.05, 0.1) is 12.3 Å². The molecule has 0 aliphatic carbocycles. The second-order valence-corrected chi connectivity index (χ2v) is 3.23. The number of hydrogen-bond acceptors (Lipinski definition) is 4. The highest BCUT2D eigenvalue weighted by Gasteiger charge is 2.01. The van der Waals surface area contributed by atoms with E-state index >= 15 is 0 Å². The molecule has 50 valence electrons. The first-order chi connectivity index (χ1) is 3.42. The summed E-state index contributed by atoms with van der Waals surface area (Å²) in [7, 11) is -4.47. The first-order valence-corrected chi connectivity index (χ1v) is 3.84. The Morgan fingerprint density at radius 2 is 1.88 bits per heavy atom. The highest BCUT2D eigenvalue weighted by Crippen LogP contribution is 2.27. The van der Waals surface area contributed by atoms with Gasteiger partial charge in [-0.05, 0) is 6.92 Å².